The second-order valence-electron chi connectivity index (χ2n) is 10.6. The minimum absolute atomic E-state index is 0.132. The molecule has 8 nitrogen and oxygen atoms in total. The minimum Gasteiger partial charge on any atom is -0.444 e. The Hall–Kier alpha value is -3.99. The molecule has 43 heavy (non-hydrogen) atoms. The van der Waals surface area contributed by atoms with Crippen molar-refractivity contribution in [1.82, 2.24) is 9.88 Å². The highest BCUT2D eigenvalue weighted by Gasteiger charge is 2.46. The molecule has 220 valence electrons. The Morgan fingerprint density at radius 2 is 1.77 bits per heavy atom. The van der Waals surface area contributed by atoms with Crippen LogP contribution >= 0.6 is 21.6 Å². The van der Waals surface area contributed by atoms with Crippen molar-refractivity contribution in [3.8, 4) is 0 Å². The maximum absolute atomic E-state index is 14.1. The first-order chi connectivity index (χ1) is 20.9. The van der Waals surface area contributed by atoms with Crippen molar-refractivity contribution < 1.29 is 19.1 Å². The normalized spacial score (nSPS) is 17.6. The van der Waals surface area contributed by atoms with Gasteiger partial charge in [0.25, 0.3) is 5.91 Å². The van der Waals surface area contributed by atoms with E-state index in [0.717, 1.165) is 37.9 Å². The van der Waals surface area contributed by atoms with E-state index in [9.17, 15) is 9.59 Å². The molecule has 0 aliphatic carbocycles. The molecule has 3 aromatic carbocycles. The highest BCUT2D eigenvalue weighted by molar-refractivity contribution is 8.76. The highest BCUT2D eigenvalue weighted by Crippen LogP contribution is 2.39. The van der Waals surface area contributed by atoms with E-state index in [-0.39, 0.29) is 12.5 Å². The summed E-state index contributed by atoms with van der Waals surface area (Å²) in [6.07, 6.45) is 1.20. The lowest BCUT2D eigenvalue weighted by Gasteiger charge is -2.34. The van der Waals surface area contributed by atoms with Crippen LogP contribution in [0.4, 0.5) is 16.2 Å². The topological polar surface area (TPSA) is 98.0 Å². The van der Waals surface area contributed by atoms with Crippen LogP contribution in [0.5, 0.6) is 0 Å². The summed E-state index contributed by atoms with van der Waals surface area (Å²) in [5, 5.41) is 0.941. The fourth-order valence-electron chi connectivity index (χ4n) is 5.41. The third-order valence-corrected chi connectivity index (χ3v) is 10.1. The Kier molecular flexibility index (Phi) is 8.60. The quantitative estimate of drug-likeness (QED) is 0.183. The maximum atomic E-state index is 14.1. The lowest BCUT2D eigenvalue weighted by atomic mass is 10.0. The van der Waals surface area contributed by atoms with E-state index in [1.807, 2.05) is 92.7 Å². The maximum Gasteiger partial charge on any atom is 0.412 e. The van der Waals surface area contributed by atoms with Crippen molar-refractivity contribution >= 4 is 45.0 Å². The fraction of sp³-hybridized carbons (Fsp3) is 0.242. The van der Waals surface area contributed by atoms with E-state index in [1.165, 1.54) is 0 Å². The second kappa shape index (κ2) is 12.7. The molecule has 0 radical (unpaired) electrons. The van der Waals surface area contributed by atoms with Gasteiger partial charge in [-0.25, -0.2) is 9.78 Å². The van der Waals surface area contributed by atoms with Crippen LogP contribution in [-0.4, -0.2) is 47.3 Å². The molecule has 1 saturated heterocycles. The number of pyridine rings is 1. The number of carbonyl (C=O) groups is 2. The molecule has 1 fully saturated rings. The van der Waals surface area contributed by atoms with Gasteiger partial charge in [-0.3, -0.25) is 9.69 Å². The summed E-state index contributed by atoms with van der Waals surface area (Å²) in [6.45, 7) is 4.81. The number of nitrogen functional groups attached to an aromatic ring is 1. The molecule has 0 saturated carbocycles. The molecule has 0 spiro atoms. The molecule has 1 aromatic heterocycles. The van der Waals surface area contributed by atoms with Gasteiger partial charge in [-0.05, 0) is 95.8 Å². The molecule has 2 aliphatic heterocycles. The first kappa shape index (κ1) is 29.1. The first-order valence-corrected chi connectivity index (χ1v) is 16.2. The van der Waals surface area contributed by atoms with Crippen LogP contribution in [0.3, 0.4) is 0 Å². The number of aryl methyl sites for hydroxylation is 2. The molecule has 10 heteroatoms. The molecular weight excluding hydrogens is 581 g/mol. The monoisotopic (exact) mass is 612 g/mol. The molecule has 6 rings (SSSR count). The molecule has 2 atom stereocenters. The zero-order chi connectivity index (χ0) is 29.9. The van der Waals surface area contributed by atoms with Crippen LogP contribution in [-0.2, 0) is 22.5 Å². The number of amides is 2. The number of hydrogen-bond acceptors (Lipinski definition) is 8. The summed E-state index contributed by atoms with van der Waals surface area (Å²) < 4.78 is 11.9. The van der Waals surface area contributed by atoms with Crippen molar-refractivity contribution in [3.63, 3.8) is 0 Å². The van der Waals surface area contributed by atoms with Gasteiger partial charge in [0, 0.05) is 22.5 Å². The van der Waals surface area contributed by atoms with Crippen LogP contribution < -0.4 is 10.6 Å². The predicted octanol–water partition coefficient (Wildman–Crippen LogP) is 6.65. The number of para-hydroxylation sites is 1. The van der Waals surface area contributed by atoms with Crippen molar-refractivity contribution in [2.75, 3.05) is 23.8 Å². The number of ether oxygens (including phenoxy) is 2. The van der Waals surface area contributed by atoms with Crippen molar-refractivity contribution in [3.05, 3.63) is 113 Å². The number of carbonyl (C=O) groups excluding carboxylic acids is 2. The zero-order valence-electron chi connectivity index (χ0n) is 23.9. The Labute approximate surface area is 259 Å². The summed E-state index contributed by atoms with van der Waals surface area (Å²) in [6, 6.07) is 24.8. The molecule has 0 bridgehead atoms. The standard InChI is InChI=1S/C33H32N4O4S2/c1-21-17-26(27(34)18-22(21)2)31(38)37-28-8-4-3-7-24(28)19-29(37)32-36(15-16-40-32)33(39)41-20-23-10-12-25(13-11-23)42-43-30-9-5-6-14-35-30/h3-14,17-18,29,32H,15-16,19-20,34H2,1-2H3/t29-,32?/m0/s1. The second-order valence-corrected chi connectivity index (χ2v) is 12.8. The Morgan fingerprint density at radius 3 is 2.56 bits per heavy atom. The average molecular weight is 613 g/mol. The van der Waals surface area contributed by atoms with Gasteiger partial charge in [-0.1, -0.05) is 47.2 Å². The molecule has 1 unspecified atom stereocenters. The number of anilines is 2. The van der Waals surface area contributed by atoms with E-state index >= 15 is 0 Å². The molecule has 2 amide bonds. The molecule has 3 heterocycles. The number of benzene rings is 3. The van der Waals surface area contributed by atoms with Crippen LogP contribution in [0.25, 0.3) is 0 Å². The predicted molar refractivity (Wildman–Crippen MR) is 170 cm³/mol. The SMILES string of the molecule is Cc1cc(N)c(C(=O)N2c3ccccc3C[C@H]2C2OCCN2C(=O)OCc2ccc(SSc3ccccn3)cc2)cc1C. The lowest BCUT2D eigenvalue weighted by Crippen LogP contribution is -2.52. The van der Waals surface area contributed by atoms with Gasteiger partial charge in [0.05, 0.1) is 24.8 Å². The van der Waals surface area contributed by atoms with Crippen LogP contribution in [0.2, 0.25) is 0 Å². The largest absolute Gasteiger partial charge is 0.444 e. The van der Waals surface area contributed by atoms with Crippen molar-refractivity contribution in [2.45, 2.75) is 49.1 Å². The lowest BCUT2D eigenvalue weighted by molar-refractivity contribution is 0.00683. The van der Waals surface area contributed by atoms with Gasteiger partial charge in [-0.2, -0.15) is 0 Å². The third kappa shape index (κ3) is 6.22. The number of aromatic nitrogens is 1. The number of fused-ring (bicyclic) bond motifs is 1. The average Bonchev–Trinajstić information content (AvgIpc) is 3.66. The van der Waals surface area contributed by atoms with Crippen molar-refractivity contribution in [2.24, 2.45) is 0 Å². The molecule has 4 aromatic rings. The van der Waals surface area contributed by atoms with E-state index in [4.69, 9.17) is 15.2 Å². The van der Waals surface area contributed by atoms with Gasteiger partial charge in [0.15, 0.2) is 6.23 Å². The fourth-order valence-corrected chi connectivity index (χ4v) is 7.26. The summed E-state index contributed by atoms with van der Waals surface area (Å²) in [7, 11) is 3.21. The Balaban J connectivity index is 1.14. The smallest absolute Gasteiger partial charge is 0.412 e. The number of nitrogens with zero attached hydrogens (tertiary/aromatic N) is 3. The third-order valence-electron chi connectivity index (χ3n) is 7.77. The van der Waals surface area contributed by atoms with Gasteiger partial charge in [0.1, 0.15) is 11.6 Å². The zero-order valence-corrected chi connectivity index (χ0v) is 25.6. The summed E-state index contributed by atoms with van der Waals surface area (Å²) in [5.41, 5.74) is 11.9. The van der Waals surface area contributed by atoms with Crippen molar-refractivity contribution in [1.29, 1.82) is 0 Å². The minimum atomic E-state index is -0.654. The highest BCUT2D eigenvalue weighted by atomic mass is 33.1. The summed E-state index contributed by atoms with van der Waals surface area (Å²) in [4.78, 5) is 36.1. The van der Waals surface area contributed by atoms with Crippen LogP contribution in [0.15, 0.2) is 95.0 Å². The first-order valence-electron chi connectivity index (χ1n) is 14.1. The number of hydrogen-bond donors (Lipinski definition) is 1. The summed E-state index contributed by atoms with van der Waals surface area (Å²) >= 11 is 0. The van der Waals surface area contributed by atoms with E-state index < -0.39 is 18.4 Å². The van der Waals surface area contributed by atoms with Crippen LogP contribution in [0.1, 0.15) is 32.6 Å². The Morgan fingerprint density at radius 1 is 1.00 bits per heavy atom. The molecular formula is C33H32N4O4S2. The summed E-state index contributed by atoms with van der Waals surface area (Å²) in [5.74, 6) is -0.210. The molecule has 2 aliphatic rings. The van der Waals surface area contributed by atoms with Crippen LogP contribution in [0, 0.1) is 13.8 Å². The molecule has 2 N–H and O–H groups in total. The van der Waals surface area contributed by atoms with Gasteiger partial charge in [-0.15, -0.1) is 0 Å². The van der Waals surface area contributed by atoms with Gasteiger partial charge < -0.3 is 20.1 Å². The number of rotatable bonds is 7. The Bertz CT molecular complexity index is 1630. The van der Waals surface area contributed by atoms with E-state index in [1.54, 1.807) is 37.6 Å². The number of nitrogens with two attached hydrogens (primary N) is 1. The van der Waals surface area contributed by atoms with E-state index in [2.05, 4.69) is 4.98 Å². The van der Waals surface area contributed by atoms with E-state index in [0.29, 0.717) is 30.8 Å². The van der Waals surface area contributed by atoms with Gasteiger partial charge >= 0.3 is 6.09 Å². The van der Waals surface area contributed by atoms with Gasteiger partial charge in [0.2, 0.25) is 0 Å².